The summed E-state index contributed by atoms with van der Waals surface area (Å²) in [5, 5.41) is 2.93. The van der Waals surface area contributed by atoms with Crippen molar-refractivity contribution in [3.8, 4) is 0 Å². The first-order valence-electron chi connectivity index (χ1n) is 6.44. The van der Waals surface area contributed by atoms with Crippen molar-refractivity contribution in [2.75, 3.05) is 5.32 Å². The fraction of sp³-hybridized carbons (Fsp3) is 0.250. The van der Waals surface area contributed by atoms with E-state index in [0.717, 1.165) is 32.5 Å². The van der Waals surface area contributed by atoms with E-state index in [2.05, 4.69) is 26.2 Å². The molecule has 1 amide bonds. The summed E-state index contributed by atoms with van der Waals surface area (Å²) in [5.74, 6) is -0.0482. The average molecular weight is 333 g/mol. The largest absolute Gasteiger partial charge is 0.326 e. The van der Waals surface area contributed by atoms with Gasteiger partial charge < -0.3 is 5.32 Å². The van der Waals surface area contributed by atoms with Crippen LogP contribution >= 0.6 is 15.9 Å². The first kappa shape index (κ1) is 14.7. The van der Waals surface area contributed by atoms with E-state index < -0.39 is 0 Å². The topological polar surface area (TPSA) is 42.0 Å². The summed E-state index contributed by atoms with van der Waals surface area (Å²) in [6.45, 7) is 5.98. The van der Waals surface area contributed by atoms with Crippen molar-refractivity contribution in [3.05, 3.63) is 57.3 Å². The third-order valence-electron chi connectivity index (χ3n) is 3.17. The van der Waals surface area contributed by atoms with Crippen LogP contribution in [0.4, 0.5) is 5.69 Å². The normalized spacial score (nSPS) is 10.4. The van der Waals surface area contributed by atoms with Crippen molar-refractivity contribution < 1.29 is 4.79 Å². The van der Waals surface area contributed by atoms with E-state index in [1.165, 1.54) is 0 Å². The van der Waals surface area contributed by atoms with Gasteiger partial charge in [0.2, 0.25) is 5.91 Å². The summed E-state index contributed by atoms with van der Waals surface area (Å²) in [4.78, 5) is 16.3. The highest BCUT2D eigenvalue weighted by Crippen LogP contribution is 2.25. The minimum Gasteiger partial charge on any atom is -0.326 e. The Hall–Kier alpha value is -1.68. The van der Waals surface area contributed by atoms with Crippen LogP contribution in [0.3, 0.4) is 0 Å². The summed E-state index contributed by atoms with van der Waals surface area (Å²) in [6, 6.07) is 7.75. The molecule has 0 aliphatic rings. The van der Waals surface area contributed by atoms with Crippen LogP contribution in [0.5, 0.6) is 0 Å². The maximum absolute atomic E-state index is 12.1. The lowest BCUT2D eigenvalue weighted by atomic mass is 10.1. The van der Waals surface area contributed by atoms with Gasteiger partial charge in [-0.15, -0.1) is 0 Å². The molecule has 0 radical (unpaired) electrons. The zero-order valence-electron chi connectivity index (χ0n) is 11.8. The van der Waals surface area contributed by atoms with Crippen molar-refractivity contribution in [2.45, 2.75) is 27.2 Å². The number of nitrogens with one attached hydrogen (secondary N) is 1. The summed E-state index contributed by atoms with van der Waals surface area (Å²) in [5.41, 5.74) is 4.88. The fourth-order valence-electron chi connectivity index (χ4n) is 2.08. The van der Waals surface area contributed by atoms with Crippen molar-refractivity contribution in [1.29, 1.82) is 0 Å². The van der Waals surface area contributed by atoms with E-state index in [9.17, 15) is 4.79 Å². The molecule has 0 saturated heterocycles. The van der Waals surface area contributed by atoms with Gasteiger partial charge in [0.1, 0.15) is 0 Å². The molecule has 2 aromatic rings. The van der Waals surface area contributed by atoms with Crippen molar-refractivity contribution >= 4 is 27.5 Å². The zero-order valence-corrected chi connectivity index (χ0v) is 13.4. The van der Waals surface area contributed by atoms with E-state index >= 15 is 0 Å². The van der Waals surface area contributed by atoms with Crippen LogP contribution in [0.25, 0.3) is 0 Å². The van der Waals surface area contributed by atoms with E-state index in [-0.39, 0.29) is 5.91 Å². The lowest BCUT2D eigenvalue weighted by Gasteiger charge is -2.10. The van der Waals surface area contributed by atoms with E-state index in [0.29, 0.717) is 6.42 Å². The number of benzene rings is 1. The van der Waals surface area contributed by atoms with Crippen LogP contribution < -0.4 is 5.32 Å². The van der Waals surface area contributed by atoms with E-state index in [4.69, 9.17) is 0 Å². The molecule has 104 valence electrons. The van der Waals surface area contributed by atoms with Gasteiger partial charge in [-0.3, -0.25) is 9.78 Å². The van der Waals surface area contributed by atoms with Gasteiger partial charge in [0.25, 0.3) is 0 Å². The number of anilines is 1. The molecular formula is C16H17BrN2O. The van der Waals surface area contributed by atoms with E-state index in [1.54, 1.807) is 6.20 Å². The molecule has 3 nitrogen and oxygen atoms in total. The minimum absolute atomic E-state index is 0.0482. The van der Waals surface area contributed by atoms with Gasteiger partial charge in [-0.2, -0.15) is 0 Å². The van der Waals surface area contributed by atoms with Gasteiger partial charge in [-0.1, -0.05) is 22.0 Å². The first-order chi connectivity index (χ1) is 9.47. The second kappa shape index (κ2) is 6.18. The molecule has 1 heterocycles. The molecule has 0 saturated carbocycles. The highest BCUT2D eigenvalue weighted by Gasteiger charge is 2.09. The maximum atomic E-state index is 12.1. The number of hydrogen-bond donors (Lipinski definition) is 1. The molecule has 0 aliphatic heterocycles. The number of hydrogen-bond acceptors (Lipinski definition) is 2. The summed E-state index contributed by atoms with van der Waals surface area (Å²) in [7, 11) is 0. The van der Waals surface area contributed by atoms with Crippen molar-refractivity contribution in [1.82, 2.24) is 4.98 Å². The van der Waals surface area contributed by atoms with Crippen LogP contribution in [-0.4, -0.2) is 10.9 Å². The number of carbonyl (C=O) groups excluding carboxylic acids is 1. The highest BCUT2D eigenvalue weighted by atomic mass is 79.9. The smallest absolute Gasteiger partial charge is 0.230 e. The summed E-state index contributed by atoms with van der Waals surface area (Å²) in [6.07, 6.45) is 2.00. The quantitative estimate of drug-likeness (QED) is 0.924. The number of aryl methyl sites for hydroxylation is 3. The Kier molecular flexibility index (Phi) is 4.55. The fourth-order valence-corrected chi connectivity index (χ4v) is 2.31. The van der Waals surface area contributed by atoms with Gasteiger partial charge in [0.05, 0.1) is 12.1 Å². The van der Waals surface area contributed by atoms with Gasteiger partial charge >= 0.3 is 0 Å². The lowest BCUT2D eigenvalue weighted by molar-refractivity contribution is -0.115. The van der Waals surface area contributed by atoms with Crippen LogP contribution in [0, 0.1) is 20.8 Å². The first-order valence-corrected chi connectivity index (χ1v) is 7.24. The predicted molar refractivity (Wildman–Crippen MR) is 84.9 cm³/mol. The van der Waals surface area contributed by atoms with Gasteiger partial charge in [0.15, 0.2) is 0 Å². The monoisotopic (exact) mass is 332 g/mol. The number of aromatic nitrogens is 1. The molecule has 0 bridgehead atoms. The van der Waals surface area contributed by atoms with Crippen molar-refractivity contribution in [3.63, 3.8) is 0 Å². The summed E-state index contributed by atoms with van der Waals surface area (Å²) >= 11 is 3.52. The van der Waals surface area contributed by atoms with Crippen molar-refractivity contribution in [2.24, 2.45) is 0 Å². The third kappa shape index (κ3) is 3.45. The molecule has 0 fully saturated rings. The Balaban J connectivity index is 2.11. The number of carbonyl (C=O) groups is 1. The van der Waals surface area contributed by atoms with Crippen LogP contribution in [-0.2, 0) is 11.2 Å². The Morgan fingerprint density at radius 3 is 2.45 bits per heavy atom. The molecule has 0 aliphatic carbocycles. The Morgan fingerprint density at radius 1 is 1.20 bits per heavy atom. The number of rotatable bonds is 3. The molecule has 20 heavy (non-hydrogen) atoms. The third-order valence-corrected chi connectivity index (χ3v) is 4.42. The van der Waals surface area contributed by atoms with Crippen LogP contribution in [0.2, 0.25) is 0 Å². The molecule has 1 N–H and O–H groups in total. The minimum atomic E-state index is -0.0482. The Labute approximate surface area is 127 Å². The molecule has 2 rings (SSSR count). The highest BCUT2D eigenvalue weighted by molar-refractivity contribution is 9.10. The van der Waals surface area contributed by atoms with Crippen LogP contribution in [0.15, 0.2) is 34.9 Å². The molecule has 1 aromatic heterocycles. The lowest BCUT2D eigenvalue weighted by Crippen LogP contribution is -2.16. The number of halogens is 1. The number of nitrogens with zero attached hydrogens (tertiary/aromatic N) is 1. The van der Waals surface area contributed by atoms with Crippen LogP contribution in [0.1, 0.15) is 22.4 Å². The van der Waals surface area contributed by atoms with Gasteiger partial charge in [-0.05, 0) is 55.7 Å². The molecular weight excluding hydrogens is 316 g/mol. The standard InChI is InChI=1S/C16H17BrN2O/c1-10-5-4-6-18-14(10)9-15(20)19-13-7-11(2)16(17)12(3)8-13/h4-8H,9H2,1-3H3,(H,19,20). The Morgan fingerprint density at radius 2 is 1.85 bits per heavy atom. The summed E-state index contributed by atoms with van der Waals surface area (Å²) < 4.78 is 1.08. The average Bonchev–Trinajstić information content (AvgIpc) is 2.38. The van der Waals surface area contributed by atoms with Gasteiger partial charge in [0, 0.05) is 16.4 Å². The molecule has 4 heteroatoms. The predicted octanol–water partition coefficient (Wildman–Crippen LogP) is 3.95. The number of pyridine rings is 1. The molecule has 0 spiro atoms. The SMILES string of the molecule is Cc1cccnc1CC(=O)Nc1cc(C)c(Br)c(C)c1. The molecule has 0 atom stereocenters. The van der Waals surface area contributed by atoms with Gasteiger partial charge in [-0.25, -0.2) is 0 Å². The molecule has 0 unspecified atom stereocenters. The maximum Gasteiger partial charge on any atom is 0.230 e. The molecule has 1 aromatic carbocycles. The second-order valence-electron chi connectivity index (χ2n) is 4.92. The number of amides is 1. The Bertz CT molecular complexity index is 630. The zero-order chi connectivity index (χ0) is 14.7. The van der Waals surface area contributed by atoms with E-state index in [1.807, 2.05) is 45.0 Å². The second-order valence-corrected chi connectivity index (χ2v) is 5.71.